The van der Waals surface area contributed by atoms with Gasteiger partial charge in [-0.05, 0) is 33.1 Å². The monoisotopic (exact) mass is 185 g/mol. The third-order valence-electron chi connectivity index (χ3n) is 2.61. The van der Waals surface area contributed by atoms with Crippen LogP contribution in [0.5, 0.6) is 0 Å². The van der Waals surface area contributed by atoms with E-state index in [0.717, 1.165) is 19.3 Å². The number of aliphatic carboxylic acids is 1. The number of hydrogen-bond acceptors (Lipinski definition) is 2. The average Bonchev–Trinajstić information content (AvgIpc) is 2.03. The van der Waals surface area contributed by atoms with Crippen LogP contribution in [0.3, 0.4) is 0 Å². The molecule has 1 aliphatic rings. The Labute approximate surface area is 77.5 Å². The van der Waals surface area contributed by atoms with Crippen LogP contribution in [0.15, 0.2) is 0 Å². The number of rotatable bonds is 0. The van der Waals surface area contributed by atoms with Gasteiger partial charge in [0, 0.05) is 12.1 Å². The van der Waals surface area contributed by atoms with Crippen LogP contribution >= 0.6 is 0 Å². The Balaban J connectivity index is 2.74. The van der Waals surface area contributed by atoms with Crippen LogP contribution < -0.4 is 0 Å². The SMILES string of the molecule is CC1CCCC(C)N1C(=O)C(=O)O. The van der Waals surface area contributed by atoms with Crippen LogP contribution in [0.1, 0.15) is 33.1 Å². The van der Waals surface area contributed by atoms with Crippen LogP contribution in [0.4, 0.5) is 0 Å². The standard InChI is InChI=1S/C9H15NO3/c1-6-4-3-5-7(2)10(6)8(11)9(12)13/h6-7H,3-5H2,1-2H3,(H,12,13). The van der Waals surface area contributed by atoms with E-state index >= 15 is 0 Å². The predicted molar refractivity (Wildman–Crippen MR) is 47.3 cm³/mol. The predicted octanol–water partition coefficient (Wildman–Crippen LogP) is 0.861. The van der Waals surface area contributed by atoms with Crippen LogP contribution in [0, 0.1) is 0 Å². The van der Waals surface area contributed by atoms with E-state index in [9.17, 15) is 9.59 Å². The molecule has 1 N–H and O–H groups in total. The summed E-state index contributed by atoms with van der Waals surface area (Å²) in [4.78, 5) is 23.2. The molecule has 0 radical (unpaired) electrons. The Bertz CT molecular complexity index is 217. The first-order valence-corrected chi connectivity index (χ1v) is 4.59. The number of piperidine rings is 1. The van der Waals surface area contributed by atoms with E-state index in [1.54, 1.807) is 0 Å². The van der Waals surface area contributed by atoms with Gasteiger partial charge in [0.15, 0.2) is 0 Å². The van der Waals surface area contributed by atoms with Gasteiger partial charge in [-0.3, -0.25) is 4.79 Å². The molecule has 0 aromatic carbocycles. The maximum absolute atomic E-state index is 11.2. The average molecular weight is 185 g/mol. The third kappa shape index (κ3) is 1.99. The number of carbonyl (C=O) groups excluding carboxylic acids is 1. The fraction of sp³-hybridized carbons (Fsp3) is 0.778. The molecule has 0 spiro atoms. The van der Waals surface area contributed by atoms with Gasteiger partial charge in [0.1, 0.15) is 0 Å². The van der Waals surface area contributed by atoms with Crippen LogP contribution in [0.25, 0.3) is 0 Å². The molecule has 1 amide bonds. The maximum Gasteiger partial charge on any atom is 0.394 e. The highest BCUT2D eigenvalue weighted by Crippen LogP contribution is 2.22. The molecule has 4 nitrogen and oxygen atoms in total. The highest BCUT2D eigenvalue weighted by molar-refractivity contribution is 6.31. The van der Waals surface area contributed by atoms with E-state index in [1.165, 1.54) is 4.90 Å². The Kier molecular flexibility index (Phi) is 2.90. The van der Waals surface area contributed by atoms with Crippen LogP contribution in [0.2, 0.25) is 0 Å². The van der Waals surface area contributed by atoms with E-state index in [-0.39, 0.29) is 12.1 Å². The number of carboxylic acids is 1. The number of likely N-dealkylation sites (tertiary alicyclic amines) is 1. The number of nitrogens with zero attached hydrogens (tertiary/aromatic N) is 1. The molecule has 1 fully saturated rings. The van der Waals surface area contributed by atoms with Crippen molar-refractivity contribution in [3.63, 3.8) is 0 Å². The summed E-state index contributed by atoms with van der Waals surface area (Å²) >= 11 is 0. The lowest BCUT2D eigenvalue weighted by atomic mass is 9.97. The normalized spacial score (nSPS) is 28.6. The van der Waals surface area contributed by atoms with E-state index in [1.807, 2.05) is 13.8 Å². The molecule has 1 saturated heterocycles. The summed E-state index contributed by atoms with van der Waals surface area (Å²) in [7, 11) is 0. The molecular weight excluding hydrogens is 170 g/mol. The molecule has 2 unspecified atom stereocenters. The van der Waals surface area contributed by atoms with Crippen molar-refractivity contribution in [2.75, 3.05) is 0 Å². The first-order valence-electron chi connectivity index (χ1n) is 4.59. The molecule has 4 heteroatoms. The lowest BCUT2D eigenvalue weighted by molar-refractivity contribution is -0.159. The molecular formula is C9H15NO3. The summed E-state index contributed by atoms with van der Waals surface area (Å²) in [5, 5.41) is 8.58. The molecule has 1 heterocycles. The molecule has 0 saturated carbocycles. The molecule has 1 rings (SSSR count). The van der Waals surface area contributed by atoms with Gasteiger partial charge in [0.25, 0.3) is 0 Å². The lowest BCUT2D eigenvalue weighted by Crippen LogP contribution is -2.50. The zero-order chi connectivity index (χ0) is 10.0. The highest BCUT2D eigenvalue weighted by Gasteiger charge is 2.32. The molecule has 2 atom stereocenters. The fourth-order valence-electron chi connectivity index (χ4n) is 1.93. The lowest BCUT2D eigenvalue weighted by Gasteiger charge is -2.37. The van der Waals surface area contributed by atoms with E-state index < -0.39 is 11.9 Å². The summed E-state index contributed by atoms with van der Waals surface area (Å²) in [6.45, 7) is 3.80. The van der Waals surface area contributed by atoms with E-state index in [4.69, 9.17) is 5.11 Å². The van der Waals surface area contributed by atoms with Crippen molar-refractivity contribution < 1.29 is 14.7 Å². The maximum atomic E-state index is 11.2. The van der Waals surface area contributed by atoms with Gasteiger partial charge < -0.3 is 10.0 Å². The van der Waals surface area contributed by atoms with Crippen molar-refractivity contribution in [1.82, 2.24) is 4.90 Å². The summed E-state index contributed by atoms with van der Waals surface area (Å²) in [6.07, 6.45) is 2.89. The second-order valence-electron chi connectivity index (χ2n) is 3.65. The molecule has 74 valence electrons. The third-order valence-corrected chi connectivity index (χ3v) is 2.61. The first kappa shape index (κ1) is 10.0. The summed E-state index contributed by atoms with van der Waals surface area (Å²) in [6, 6.07) is 0.125. The second kappa shape index (κ2) is 3.77. The topological polar surface area (TPSA) is 57.6 Å². The highest BCUT2D eigenvalue weighted by atomic mass is 16.4. The minimum absolute atomic E-state index is 0.0624. The summed E-state index contributed by atoms with van der Waals surface area (Å²) in [5.41, 5.74) is 0. The molecule has 1 aliphatic heterocycles. The fourth-order valence-corrected chi connectivity index (χ4v) is 1.93. The smallest absolute Gasteiger partial charge is 0.394 e. The quantitative estimate of drug-likeness (QED) is 0.569. The van der Waals surface area contributed by atoms with Crippen molar-refractivity contribution >= 4 is 11.9 Å². The Hall–Kier alpha value is -1.06. The summed E-state index contributed by atoms with van der Waals surface area (Å²) in [5.74, 6) is -2.11. The van der Waals surface area contributed by atoms with Crippen molar-refractivity contribution in [2.45, 2.75) is 45.2 Å². The molecule has 0 aromatic heterocycles. The zero-order valence-corrected chi connectivity index (χ0v) is 7.99. The molecule has 0 bridgehead atoms. The van der Waals surface area contributed by atoms with Crippen molar-refractivity contribution in [1.29, 1.82) is 0 Å². The van der Waals surface area contributed by atoms with E-state index in [2.05, 4.69) is 0 Å². The van der Waals surface area contributed by atoms with Gasteiger partial charge >= 0.3 is 11.9 Å². The molecule has 0 aromatic rings. The van der Waals surface area contributed by atoms with Crippen molar-refractivity contribution in [3.8, 4) is 0 Å². The summed E-state index contributed by atoms with van der Waals surface area (Å²) < 4.78 is 0. The van der Waals surface area contributed by atoms with Gasteiger partial charge in [-0.25, -0.2) is 4.79 Å². The first-order chi connectivity index (χ1) is 6.04. The Morgan fingerprint density at radius 3 is 2.08 bits per heavy atom. The van der Waals surface area contributed by atoms with Gasteiger partial charge in [-0.1, -0.05) is 0 Å². The van der Waals surface area contributed by atoms with Crippen LogP contribution in [-0.4, -0.2) is 34.0 Å². The van der Waals surface area contributed by atoms with Gasteiger partial charge in [-0.15, -0.1) is 0 Å². The minimum atomic E-state index is -1.35. The van der Waals surface area contributed by atoms with Crippen LogP contribution in [-0.2, 0) is 9.59 Å². The van der Waals surface area contributed by atoms with Gasteiger partial charge in [-0.2, -0.15) is 0 Å². The van der Waals surface area contributed by atoms with Gasteiger partial charge in [0.05, 0.1) is 0 Å². The zero-order valence-electron chi connectivity index (χ0n) is 7.99. The Morgan fingerprint density at radius 2 is 1.69 bits per heavy atom. The van der Waals surface area contributed by atoms with Crippen molar-refractivity contribution in [2.24, 2.45) is 0 Å². The van der Waals surface area contributed by atoms with Crippen molar-refractivity contribution in [3.05, 3.63) is 0 Å². The van der Waals surface area contributed by atoms with Gasteiger partial charge in [0.2, 0.25) is 0 Å². The largest absolute Gasteiger partial charge is 0.474 e. The second-order valence-corrected chi connectivity index (χ2v) is 3.65. The Morgan fingerprint density at radius 1 is 1.23 bits per heavy atom. The number of amides is 1. The minimum Gasteiger partial charge on any atom is -0.474 e. The van der Waals surface area contributed by atoms with E-state index in [0.29, 0.717) is 0 Å². The number of carboxylic acid groups (broad SMARTS) is 1. The number of carbonyl (C=O) groups is 2. The molecule has 0 aliphatic carbocycles. The molecule has 13 heavy (non-hydrogen) atoms. The number of hydrogen-bond donors (Lipinski definition) is 1.